The van der Waals surface area contributed by atoms with Gasteiger partial charge < -0.3 is 33.7 Å². The van der Waals surface area contributed by atoms with E-state index < -0.39 is 0 Å². The summed E-state index contributed by atoms with van der Waals surface area (Å²) >= 11 is 0. The smallest absolute Gasteiger partial charge is 0.322 e. The molecule has 0 radical (unpaired) electrons. The van der Waals surface area contributed by atoms with Crippen molar-refractivity contribution in [3.8, 4) is 11.5 Å². The summed E-state index contributed by atoms with van der Waals surface area (Å²) in [4.78, 5) is 33.0. The SMILES string of the molecule is Cc1ccc(CN(Cc2ccc3c(c2)OCO3)C(=O)CN(CCN2CCOCC2)C(=O)Nc2ccc(C)c(C)c2)o1. The van der Waals surface area contributed by atoms with Crippen molar-refractivity contribution < 1.29 is 28.2 Å². The Hall–Kier alpha value is -4.02. The maximum atomic E-state index is 13.9. The van der Waals surface area contributed by atoms with Crippen molar-refractivity contribution in [2.75, 3.05) is 58.0 Å². The van der Waals surface area contributed by atoms with Crippen molar-refractivity contribution in [3.63, 3.8) is 0 Å². The molecular formula is C31H38N4O6. The van der Waals surface area contributed by atoms with Crippen molar-refractivity contribution in [1.29, 1.82) is 0 Å². The van der Waals surface area contributed by atoms with Gasteiger partial charge in [0.15, 0.2) is 11.5 Å². The highest BCUT2D eigenvalue weighted by molar-refractivity contribution is 5.92. The number of nitrogens with one attached hydrogen (secondary N) is 1. The minimum Gasteiger partial charge on any atom is -0.464 e. The summed E-state index contributed by atoms with van der Waals surface area (Å²) in [5.41, 5.74) is 3.83. The molecule has 41 heavy (non-hydrogen) atoms. The van der Waals surface area contributed by atoms with Gasteiger partial charge in [-0.2, -0.15) is 0 Å². The van der Waals surface area contributed by atoms with Crippen molar-refractivity contribution >= 4 is 17.6 Å². The molecule has 0 atom stereocenters. The number of fused-ring (bicyclic) bond motifs is 1. The number of carbonyl (C=O) groups is 2. The van der Waals surface area contributed by atoms with Gasteiger partial charge in [-0.3, -0.25) is 9.69 Å². The van der Waals surface area contributed by atoms with E-state index in [1.165, 1.54) is 0 Å². The lowest BCUT2D eigenvalue weighted by Crippen LogP contribution is -2.48. The fourth-order valence-electron chi connectivity index (χ4n) is 4.87. The summed E-state index contributed by atoms with van der Waals surface area (Å²) in [6, 6.07) is 14.9. The van der Waals surface area contributed by atoms with Gasteiger partial charge in [0.1, 0.15) is 18.1 Å². The van der Waals surface area contributed by atoms with Gasteiger partial charge in [0.05, 0.1) is 19.8 Å². The number of benzene rings is 2. The van der Waals surface area contributed by atoms with Gasteiger partial charge in [-0.1, -0.05) is 12.1 Å². The fraction of sp³-hybridized carbons (Fsp3) is 0.419. The van der Waals surface area contributed by atoms with Crippen LogP contribution in [0, 0.1) is 20.8 Å². The van der Waals surface area contributed by atoms with Crippen molar-refractivity contribution in [2.24, 2.45) is 0 Å². The topological polar surface area (TPSA) is 96.7 Å². The molecule has 1 aromatic heterocycles. The van der Waals surface area contributed by atoms with Crippen molar-refractivity contribution in [3.05, 3.63) is 76.7 Å². The van der Waals surface area contributed by atoms with Crippen LogP contribution < -0.4 is 14.8 Å². The molecule has 3 aromatic rings. The molecule has 0 saturated carbocycles. The zero-order valence-electron chi connectivity index (χ0n) is 24.0. The molecule has 1 fully saturated rings. The van der Waals surface area contributed by atoms with Gasteiger partial charge in [0, 0.05) is 38.4 Å². The molecular weight excluding hydrogens is 524 g/mol. The Bertz CT molecular complexity index is 1370. The van der Waals surface area contributed by atoms with E-state index >= 15 is 0 Å². The Kier molecular flexibility index (Phi) is 9.11. The number of furan rings is 1. The van der Waals surface area contributed by atoms with Crippen LogP contribution in [0.3, 0.4) is 0 Å². The Morgan fingerprint density at radius 3 is 2.44 bits per heavy atom. The summed E-state index contributed by atoms with van der Waals surface area (Å²) < 4.78 is 22.3. The highest BCUT2D eigenvalue weighted by Gasteiger charge is 2.25. The lowest BCUT2D eigenvalue weighted by Gasteiger charge is -2.31. The van der Waals surface area contributed by atoms with Crippen LogP contribution in [-0.2, 0) is 22.6 Å². The van der Waals surface area contributed by atoms with Crippen LogP contribution in [-0.4, -0.2) is 79.4 Å². The standard InChI is InChI=1S/C31H38N4O6/c1-22-4-7-26(16-23(22)2)32-31(37)34(11-10-33-12-14-38-15-13-33)20-30(36)35(19-27-8-5-24(3)41-27)18-25-6-9-28-29(17-25)40-21-39-28/h4-9,16-17H,10-15,18-21H2,1-3H3,(H,32,37). The maximum Gasteiger partial charge on any atom is 0.322 e. The molecule has 2 aliphatic heterocycles. The summed E-state index contributed by atoms with van der Waals surface area (Å²) in [7, 11) is 0. The van der Waals surface area contributed by atoms with Crippen LogP contribution in [0.4, 0.5) is 10.5 Å². The summed E-state index contributed by atoms with van der Waals surface area (Å²) in [6.45, 7) is 10.6. The molecule has 0 spiro atoms. The summed E-state index contributed by atoms with van der Waals surface area (Å²) in [5, 5.41) is 3.00. The van der Waals surface area contributed by atoms with E-state index in [4.69, 9.17) is 18.6 Å². The number of nitrogens with zero attached hydrogens (tertiary/aromatic N) is 3. The van der Waals surface area contributed by atoms with E-state index in [1.807, 2.05) is 69.3 Å². The van der Waals surface area contributed by atoms with Crippen LogP contribution >= 0.6 is 0 Å². The molecule has 10 heteroatoms. The predicted octanol–water partition coefficient (Wildman–Crippen LogP) is 4.33. The Labute approximate surface area is 240 Å². The van der Waals surface area contributed by atoms with Crippen LogP contribution in [0.5, 0.6) is 11.5 Å². The Morgan fingerprint density at radius 1 is 0.878 bits per heavy atom. The number of morpholine rings is 1. The van der Waals surface area contributed by atoms with E-state index in [0.29, 0.717) is 55.8 Å². The summed E-state index contributed by atoms with van der Waals surface area (Å²) in [5.74, 6) is 2.61. The molecule has 5 rings (SSSR count). The van der Waals surface area contributed by atoms with Crippen LogP contribution in [0.15, 0.2) is 52.9 Å². The van der Waals surface area contributed by atoms with Crippen LogP contribution in [0.1, 0.15) is 28.2 Å². The Morgan fingerprint density at radius 2 is 1.68 bits per heavy atom. The average Bonchev–Trinajstić information content (AvgIpc) is 3.61. The zero-order valence-corrected chi connectivity index (χ0v) is 24.0. The molecule has 1 saturated heterocycles. The lowest BCUT2D eigenvalue weighted by molar-refractivity contribution is -0.133. The second kappa shape index (κ2) is 13.1. The largest absolute Gasteiger partial charge is 0.464 e. The average molecular weight is 563 g/mol. The molecule has 10 nitrogen and oxygen atoms in total. The van der Waals surface area contributed by atoms with Gasteiger partial charge in [-0.15, -0.1) is 0 Å². The fourth-order valence-corrected chi connectivity index (χ4v) is 4.87. The molecule has 2 aliphatic rings. The maximum absolute atomic E-state index is 13.9. The monoisotopic (exact) mass is 562 g/mol. The van der Waals surface area contributed by atoms with E-state index in [2.05, 4.69) is 10.2 Å². The lowest BCUT2D eigenvalue weighted by atomic mass is 10.1. The second-order valence-electron chi connectivity index (χ2n) is 10.6. The number of hydrogen-bond donors (Lipinski definition) is 1. The van der Waals surface area contributed by atoms with Crippen molar-refractivity contribution in [1.82, 2.24) is 14.7 Å². The highest BCUT2D eigenvalue weighted by Crippen LogP contribution is 2.33. The third-order valence-corrected chi connectivity index (χ3v) is 7.47. The van der Waals surface area contributed by atoms with Gasteiger partial charge in [0.2, 0.25) is 12.7 Å². The van der Waals surface area contributed by atoms with Crippen LogP contribution in [0.25, 0.3) is 0 Å². The Balaban J connectivity index is 1.33. The third-order valence-electron chi connectivity index (χ3n) is 7.47. The number of anilines is 1. The van der Waals surface area contributed by atoms with E-state index in [0.717, 1.165) is 35.5 Å². The first-order valence-corrected chi connectivity index (χ1v) is 14.0. The first kappa shape index (κ1) is 28.5. The first-order valence-electron chi connectivity index (χ1n) is 14.0. The van der Waals surface area contributed by atoms with Crippen LogP contribution in [0.2, 0.25) is 0 Å². The third kappa shape index (κ3) is 7.59. The quantitative estimate of drug-likeness (QED) is 0.393. The molecule has 2 aromatic carbocycles. The van der Waals surface area contributed by atoms with E-state index in [9.17, 15) is 9.59 Å². The van der Waals surface area contributed by atoms with Gasteiger partial charge in [-0.25, -0.2) is 4.79 Å². The molecule has 0 unspecified atom stereocenters. The number of rotatable bonds is 10. The number of amides is 3. The second-order valence-corrected chi connectivity index (χ2v) is 10.6. The predicted molar refractivity (Wildman–Crippen MR) is 154 cm³/mol. The molecule has 3 heterocycles. The number of ether oxygens (including phenoxy) is 3. The van der Waals surface area contributed by atoms with Gasteiger partial charge in [0.25, 0.3) is 0 Å². The number of aryl methyl sites for hydroxylation is 3. The van der Waals surface area contributed by atoms with Gasteiger partial charge >= 0.3 is 6.03 Å². The number of hydrogen-bond acceptors (Lipinski definition) is 7. The van der Waals surface area contributed by atoms with Crippen molar-refractivity contribution in [2.45, 2.75) is 33.9 Å². The van der Waals surface area contributed by atoms with E-state index in [-0.39, 0.29) is 31.8 Å². The summed E-state index contributed by atoms with van der Waals surface area (Å²) in [6.07, 6.45) is 0. The highest BCUT2D eigenvalue weighted by atomic mass is 16.7. The van der Waals surface area contributed by atoms with E-state index in [1.54, 1.807) is 9.80 Å². The molecule has 3 amide bonds. The first-order chi connectivity index (χ1) is 19.8. The molecule has 218 valence electrons. The van der Waals surface area contributed by atoms with Gasteiger partial charge in [-0.05, 0) is 73.9 Å². The molecule has 0 aliphatic carbocycles. The molecule has 0 bridgehead atoms. The minimum absolute atomic E-state index is 0.0781. The number of carbonyl (C=O) groups excluding carboxylic acids is 2. The zero-order chi connectivity index (χ0) is 28.8. The minimum atomic E-state index is -0.313. The molecule has 1 N–H and O–H groups in total. The number of urea groups is 1. The normalized spacial score (nSPS) is 14.6.